The minimum atomic E-state index is -1.58. The molecule has 0 radical (unpaired) electrons. The topological polar surface area (TPSA) is 177 Å². The molecule has 6 rings (SSSR count). The summed E-state index contributed by atoms with van der Waals surface area (Å²) in [6.07, 6.45) is 2.60. The molecular weight excluding hydrogens is 580 g/mol. The zero-order valence-electron chi connectivity index (χ0n) is 27.5. The number of fused-ring (bicyclic) bond motifs is 7. The highest BCUT2D eigenvalue weighted by Crippen LogP contribution is 2.75. The summed E-state index contributed by atoms with van der Waals surface area (Å²) in [5, 5.41) is 74.3. The van der Waals surface area contributed by atoms with E-state index in [2.05, 4.69) is 19.9 Å². The van der Waals surface area contributed by atoms with Gasteiger partial charge in [0.05, 0.1) is 31.3 Å². The first kappa shape index (κ1) is 33.8. The molecule has 0 amide bonds. The van der Waals surface area contributed by atoms with Crippen LogP contribution in [0.4, 0.5) is 0 Å². The molecule has 4 saturated carbocycles. The van der Waals surface area contributed by atoms with Gasteiger partial charge in [-0.05, 0) is 98.2 Å². The van der Waals surface area contributed by atoms with Gasteiger partial charge < -0.3 is 45.2 Å². The molecule has 0 spiro atoms. The number of hydrogen-bond donors (Lipinski definition) is 7. The van der Waals surface area contributed by atoms with Crippen molar-refractivity contribution in [2.24, 2.45) is 50.2 Å². The predicted molar refractivity (Wildman–Crippen MR) is 163 cm³/mol. The van der Waals surface area contributed by atoms with E-state index in [0.717, 1.165) is 31.3 Å². The number of aliphatic hydroxyl groups excluding tert-OH is 7. The average molecular weight is 637 g/mol. The van der Waals surface area contributed by atoms with Gasteiger partial charge in [0.2, 0.25) is 6.29 Å². The molecule has 256 valence electrons. The lowest BCUT2D eigenvalue weighted by Gasteiger charge is -2.71. The first-order valence-electron chi connectivity index (χ1n) is 17.2. The quantitative estimate of drug-likeness (QED) is 0.175. The SMILES string of the molecule is C[C@@]1(CO)CC[C@]2(C(=O)O[C@@H]3OC[C@H](O)[C@H](O)[C@H]3O)CC[C@]3(CO)C(=CC[C@@H]4[C@@]5(C)CC[C@H](O)[C@@](C)(CO)[C@@H]5CC[C@]43C)[C@@H]2C1. The Hall–Kier alpha value is -1.11. The van der Waals surface area contributed by atoms with Crippen molar-refractivity contribution in [3.05, 3.63) is 11.6 Å². The van der Waals surface area contributed by atoms with Crippen LogP contribution in [0.3, 0.4) is 0 Å². The van der Waals surface area contributed by atoms with E-state index in [4.69, 9.17) is 9.47 Å². The minimum absolute atomic E-state index is 0.0235. The van der Waals surface area contributed by atoms with E-state index >= 15 is 0 Å². The summed E-state index contributed by atoms with van der Waals surface area (Å²) in [5.41, 5.74) is -1.89. The Morgan fingerprint density at radius 2 is 1.58 bits per heavy atom. The normalized spacial score (nSPS) is 54.5. The van der Waals surface area contributed by atoms with Gasteiger partial charge in [-0.25, -0.2) is 0 Å². The van der Waals surface area contributed by atoms with Crippen LogP contribution in [0.15, 0.2) is 11.6 Å². The second kappa shape index (κ2) is 11.2. The van der Waals surface area contributed by atoms with Crippen molar-refractivity contribution in [1.29, 1.82) is 0 Å². The Labute approximate surface area is 266 Å². The van der Waals surface area contributed by atoms with E-state index in [9.17, 15) is 40.5 Å². The van der Waals surface area contributed by atoms with Gasteiger partial charge in [-0.1, -0.05) is 39.3 Å². The number of rotatable bonds is 5. The van der Waals surface area contributed by atoms with Gasteiger partial charge in [0, 0.05) is 17.4 Å². The minimum Gasteiger partial charge on any atom is -0.432 e. The number of carbonyl (C=O) groups is 1. The zero-order valence-corrected chi connectivity index (χ0v) is 27.5. The van der Waals surface area contributed by atoms with Gasteiger partial charge in [0.1, 0.15) is 18.3 Å². The standard InChI is InChI=1S/C35H56O10/c1-30(17-36)11-12-34(29(43)45-28-27(42)26(41)22(39)16-44-28)13-14-35(19-38)20(21(34)15-30)5-6-24-31(2)9-8-25(40)32(3,18-37)23(31)7-10-33(24,35)4/h5,21-28,36-42H,6-19H2,1-4H3/t21-,22-,23+,24+,25-,26-,27+,28-,30+,31-,32-,33+,34-,35-/m0/s1. The van der Waals surface area contributed by atoms with Gasteiger partial charge in [-0.3, -0.25) is 4.79 Å². The molecule has 0 aromatic heterocycles. The Kier molecular flexibility index (Phi) is 8.42. The van der Waals surface area contributed by atoms with Gasteiger partial charge in [0.25, 0.3) is 0 Å². The molecule has 14 atom stereocenters. The Balaban J connectivity index is 1.39. The molecule has 0 aromatic rings. The second-order valence-electron chi connectivity index (χ2n) is 17.0. The fraction of sp³-hybridized carbons (Fsp3) is 0.914. The summed E-state index contributed by atoms with van der Waals surface area (Å²) in [6, 6.07) is 0. The molecule has 0 unspecified atom stereocenters. The van der Waals surface area contributed by atoms with Crippen molar-refractivity contribution >= 4 is 5.97 Å². The van der Waals surface area contributed by atoms with E-state index in [1.165, 1.54) is 0 Å². The lowest BCUT2D eigenvalue weighted by molar-refractivity contribution is -0.271. The highest BCUT2D eigenvalue weighted by atomic mass is 16.7. The molecule has 7 N–H and O–H groups in total. The average Bonchev–Trinajstić information content (AvgIpc) is 3.02. The molecule has 0 aromatic carbocycles. The van der Waals surface area contributed by atoms with Crippen LogP contribution >= 0.6 is 0 Å². The summed E-state index contributed by atoms with van der Waals surface area (Å²) in [4.78, 5) is 14.3. The highest BCUT2D eigenvalue weighted by molar-refractivity contribution is 5.79. The van der Waals surface area contributed by atoms with Crippen LogP contribution < -0.4 is 0 Å². The Morgan fingerprint density at radius 1 is 0.867 bits per heavy atom. The van der Waals surface area contributed by atoms with Gasteiger partial charge in [-0.15, -0.1) is 0 Å². The zero-order chi connectivity index (χ0) is 32.8. The van der Waals surface area contributed by atoms with Gasteiger partial charge in [0.15, 0.2) is 0 Å². The van der Waals surface area contributed by atoms with E-state index < -0.39 is 58.3 Å². The maximum atomic E-state index is 14.3. The maximum absolute atomic E-state index is 14.3. The second-order valence-corrected chi connectivity index (χ2v) is 17.0. The Morgan fingerprint density at radius 3 is 2.24 bits per heavy atom. The molecule has 10 heteroatoms. The van der Waals surface area contributed by atoms with Crippen LogP contribution in [-0.2, 0) is 14.3 Å². The van der Waals surface area contributed by atoms with Crippen molar-refractivity contribution in [1.82, 2.24) is 0 Å². The monoisotopic (exact) mass is 636 g/mol. The van der Waals surface area contributed by atoms with E-state index in [1.54, 1.807) is 0 Å². The van der Waals surface area contributed by atoms with Crippen molar-refractivity contribution < 1.29 is 50.0 Å². The summed E-state index contributed by atoms with van der Waals surface area (Å²) in [5.74, 6) is -0.449. The summed E-state index contributed by atoms with van der Waals surface area (Å²) >= 11 is 0. The van der Waals surface area contributed by atoms with Crippen LogP contribution in [-0.4, -0.2) is 98.8 Å². The van der Waals surface area contributed by atoms with Crippen LogP contribution in [0.1, 0.15) is 91.9 Å². The third-order valence-electron chi connectivity index (χ3n) is 15.0. The molecule has 1 heterocycles. The van der Waals surface area contributed by atoms with Crippen LogP contribution in [0, 0.1) is 50.2 Å². The maximum Gasteiger partial charge on any atom is 0.315 e. The summed E-state index contributed by atoms with van der Waals surface area (Å²) in [6.45, 7) is 8.32. The van der Waals surface area contributed by atoms with Crippen molar-refractivity contribution in [3.63, 3.8) is 0 Å². The molecular formula is C35H56O10. The number of aliphatic hydroxyl groups is 7. The molecule has 6 aliphatic rings. The number of carbonyl (C=O) groups excluding carboxylic acids is 1. The molecule has 45 heavy (non-hydrogen) atoms. The van der Waals surface area contributed by atoms with Crippen LogP contribution in [0.5, 0.6) is 0 Å². The van der Waals surface area contributed by atoms with E-state index in [0.29, 0.717) is 38.5 Å². The third-order valence-corrected chi connectivity index (χ3v) is 15.0. The smallest absolute Gasteiger partial charge is 0.315 e. The van der Waals surface area contributed by atoms with Crippen molar-refractivity contribution in [3.8, 4) is 0 Å². The van der Waals surface area contributed by atoms with E-state index in [-0.39, 0.29) is 55.0 Å². The number of hydrogen-bond acceptors (Lipinski definition) is 10. The third kappa shape index (κ3) is 4.52. The number of allylic oxidation sites excluding steroid dienone is 1. The van der Waals surface area contributed by atoms with E-state index in [1.807, 2.05) is 13.8 Å². The van der Waals surface area contributed by atoms with Gasteiger partial charge in [-0.2, -0.15) is 0 Å². The molecule has 5 fully saturated rings. The van der Waals surface area contributed by atoms with Crippen molar-refractivity contribution in [2.75, 3.05) is 26.4 Å². The molecule has 1 aliphatic heterocycles. The molecule has 5 aliphatic carbocycles. The first-order chi connectivity index (χ1) is 21.1. The molecule has 10 nitrogen and oxygen atoms in total. The Bertz CT molecular complexity index is 1190. The number of esters is 1. The molecule has 0 bridgehead atoms. The fourth-order valence-corrected chi connectivity index (χ4v) is 11.9. The fourth-order valence-electron chi connectivity index (χ4n) is 11.9. The van der Waals surface area contributed by atoms with Crippen LogP contribution in [0.25, 0.3) is 0 Å². The lowest BCUT2D eigenvalue weighted by Crippen LogP contribution is -2.67. The van der Waals surface area contributed by atoms with Crippen LogP contribution in [0.2, 0.25) is 0 Å². The first-order valence-corrected chi connectivity index (χ1v) is 17.2. The summed E-state index contributed by atoms with van der Waals surface area (Å²) in [7, 11) is 0. The highest BCUT2D eigenvalue weighted by Gasteiger charge is 2.71. The lowest BCUT2D eigenvalue weighted by atomic mass is 9.33. The summed E-state index contributed by atoms with van der Waals surface area (Å²) < 4.78 is 11.3. The van der Waals surface area contributed by atoms with Crippen molar-refractivity contribution in [2.45, 2.75) is 123 Å². The predicted octanol–water partition coefficient (Wildman–Crippen LogP) is 2.05. The van der Waals surface area contributed by atoms with Gasteiger partial charge >= 0.3 is 5.97 Å². The largest absolute Gasteiger partial charge is 0.432 e. The molecule has 1 saturated heterocycles. The number of ether oxygens (including phenoxy) is 2.